The molecular weight excluding hydrogens is 277 g/mol. The molecule has 1 aromatic carbocycles. The molecule has 6 heteroatoms. The van der Waals surface area contributed by atoms with Crippen LogP contribution in [0, 0.1) is 5.82 Å². The Morgan fingerprint density at radius 1 is 1.37 bits per heavy atom. The van der Waals surface area contributed by atoms with E-state index in [0.29, 0.717) is 17.6 Å². The summed E-state index contributed by atoms with van der Waals surface area (Å²) in [4.78, 5) is 3.65. The van der Waals surface area contributed by atoms with Crippen molar-refractivity contribution < 1.29 is 13.2 Å². The van der Waals surface area contributed by atoms with Crippen LogP contribution in [0.5, 0.6) is 0 Å². The third kappa shape index (κ3) is 2.76. The highest BCUT2D eigenvalue weighted by atomic mass is 35.5. The van der Waals surface area contributed by atoms with Crippen molar-refractivity contribution in [1.29, 1.82) is 0 Å². The van der Waals surface area contributed by atoms with E-state index in [1.165, 1.54) is 12.1 Å². The van der Waals surface area contributed by atoms with Gasteiger partial charge in [-0.25, -0.2) is 18.2 Å². The summed E-state index contributed by atoms with van der Waals surface area (Å²) in [6.45, 7) is 2.52. The minimum atomic E-state index is -2.76. The number of nitrogens with zero attached hydrogens (tertiary/aromatic N) is 1. The van der Waals surface area contributed by atoms with Crippen LogP contribution in [0.3, 0.4) is 0 Å². The molecule has 2 aromatic rings. The Hall–Kier alpha value is -1.49. The normalized spacial score (nSPS) is 11.3. The van der Waals surface area contributed by atoms with E-state index in [2.05, 4.69) is 10.3 Å². The summed E-state index contributed by atoms with van der Waals surface area (Å²) in [5, 5.41) is 3.59. The third-order valence-electron chi connectivity index (χ3n) is 2.67. The summed E-state index contributed by atoms with van der Waals surface area (Å²) in [5.41, 5.74) is -0.220. The van der Waals surface area contributed by atoms with Gasteiger partial charge in [0.1, 0.15) is 17.0 Å². The molecule has 1 heterocycles. The lowest BCUT2D eigenvalue weighted by molar-refractivity contribution is 0.146. The molecule has 0 bridgehead atoms. The molecule has 0 unspecified atom stereocenters. The zero-order chi connectivity index (χ0) is 14.0. The first-order valence-corrected chi connectivity index (χ1v) is 6.23. The first kappa shape index (κ1) is 13.9. The molecule has 0 aliphatic heterocycles. The van der Waals surface area contributed by atoms with E-state index >= 15 is 0 Å². The molecule has 2 rings (SSSR count). The van der Waals surface area contributed by atoms with Gasteiger partial charge in [-0.15, -0.1) is 0 Å². The van der Waals surface area contributed by atoms with Gasteiger partial charge >= 0.3 is 0 Å². The fourth-order valence-corrected chi connectivity index (χ4v) is 2.05. The fourth-order valence-electron chi connectivity index (χ4n) is 1.80. The van der Waals surface area contributed by atoms with Crippen LogP contribution in [0.4, 0.5) is 18.9 Å². The molecule has 1 N–H and O–H groups in total. The zero-order valence-corrected chi connectivity index (χ0v) is 10.9. The number of nitrogens with one attached hydrogen (secondary N) is 1. The first-order valence-electron chi connectivity index (χ1n) is 5.85. The quantitative estimate of drug-likeness (QED) is 0.875. The number of pyridine rings is 1. The van der Waals surface area contributed by atoms with Gasteiger partial charge in [0, 0.05) is 17.6 Å². The van der Waals surface area contributed by atoms with E-state index in [1.807, 2.05) is 6.92 Å². The van der Waals surface area contributed by atoms with Crippen LogP contribution in [0.25, 0.3) is 10.9 Å². The summed E-state index contributed by atoms with van der Waals surface area (Å²) in [6.07, 6.45) is -1.95. The number of alkyl halides is 2. The van der Waals surface area contributed by atoms with Crippen molar-refractivity contribution in [3.8, 4) is 0 Å². The molecule has 19 heavy (non-hydrogen) atoms. The molecule has 2 nitrogen and oxygen atoms in total. The van der Waals surface area contributed by atoms with E-state index in [4.69, 9.17) is 11.6 Å². The van der Waals surface area contributed by atoms with E-state index < -0.39 is 17.9 Å². The van der Waals surface area contributed by atoms with Crippen molar-refractivity contribution >= 4 is 28.2 Å². The topological polar surface area (TPSA) is 24.9 Å². The van der Waals surface area contributed by atoms with Gasteiger partial charge in [-0.2, -0.15) is 0 Å². The number of rotatable bonds is 4. The van der Waals surface area contributed by atoms with Crippen LogP contribution in [0.15, 0.2) is 18.2 Å². The highest BCUT2D eigenvalue weighted by molar-refractivity contribution is 6.36. The minimum Gasteiger partial charge on any atom is -0.384 e. The lowest BCUT2D eigenvalue weighted by Gasteiger charge is -2.12. The molecule has 0 saturated carbocycles. The SMILES string of the molecule is CCCNc1cc(C(F)F)nc2c(F)ccc(Cl)c12. The molecular formula is C13H12ClF3N2. The summed E-state index contributed by atoms with van der Waals surface area (Å²) in [7, 11) is 0. The molecule has 0 fully saturated rings. The van der Waals surface area contributed by atoms with Crippen LogP contribution in [-0.2, 0) is 0 Å². The maximum Gasteiger partial charge on any atom is 0.280 e. The molecule has 102 valence electrons. The van der Waals surface area contributed by atoms with Crippen LogP contribution in [-0.4, -0.2) is 11.5 Å². The molecule has 0 radical (unpaired) electrons. The average Bonchev–Trinajstić information content (AvgIpc) is 2.39. The van der Waals surface area contributed by atoms with Crippen molar-refractivity contribution in [2.45, 2.75) is 19.8 Å². The van der Waals surface area contributed by atoms with Crippen LogP contribution in [0.1, 0.15) is 25.5 Å². The Morgan fingerprint density at radius 3 is 2.74 bits per heavy atom. The highest BCUT2D eigenvalue weighted by Gasteiger charge is 2.17. The van der Waals surface area contributed by atoms with Crippen LogP contribution in [0.2, 0.25) is 5.02 Å². The second-order valence-corrected chi connectivity index (χ2v) is 4.48. The second kappa shape index (κ2) is 5.65. The number of benzene rings is 1. The first-order chi connectivity index (χ1) is 9.04. The standard InChI is InChI=1S/C13H12ClF3N2/c1-2-5-18-9-6-10(13(16)17)19-12-8(15)4-3-7(14)11(9)12/h3-4,6,13H,2,5H2,1H3,(H,18,19). The Labute approximate surface area is 113 Å². The number of anilines is 1. The predicted molar refractivity (Wildman–Crippen MR) is 70.4 cm³/mol. The molecule has 0 atom stereocenters. The molecule has 1 aromatic heterocycles. The van der Waals surface area contributed by atoms with Crippen molar-refractivity contribution in [1.82, 2.24) is 4.98 Å². The van der Waals surface area contributed by atoms with E-state index in [1.54, 1.807) is 0 Å². The predicted octanol–water partition coefficient (Wildman–Crippen LogP) is 4.79. The lowest BCUT2D eigenvalue weighted by Crippen LogP contribution is -2.04. The zero-order valence-electron chi connectivity index (χ0n) is 10.2. The Kier molecular flexibility index (Phi) is 4.14. The molecule has 0 amide bonds. The van der Waals surface area contributed by atoms with Gasteiger partial charge in [0.15, 0.2) is 0 Å². The lowest BCUT2D eigenvalue weighted by atomic mass is 10.1. The highest BCUT2D eigenvalue weighted by Crippen LogP contribution is 2.34. The average molecular weight is 289 g/mol. The number of hydrogen-bond acceptors (Lipinski definition) is 2. The van der Waals surface area contributed by atoms with E-state index in [0.717, 1.165) is 12.5 Å². The maximum atomic E-state index is 13.7. The third-order valence-corrected chi connectivity index (χ3v) is 2.98. The van der Waals surface area contributed by atoms with Gasteiger partial charge in [-0.1, -0.05) is 18.5 Å². The largest absolute Gasteiger partial charge is 0.384 e. The van der Waals surface area contributed by atoms with Gasteiger partial charge in [-0.3, -0.25) is 0 Å². The van der Waals surface area contributed by atoms with Crippen LogP contribution < -0.4 is 5.32 Å². The molecule has 0 aliphatic rings. The molecule has 0 aliphatic carbocycles. The van der Waals surface area contributed by atoms with Gasteiger partial charge < -0.3 is 5.32 Å². The van der Waals surface area contributed by atoms with Crippen molar-refractivity contribution in [2.24, 2.45) is 0 Å². The van der Waals surface area contributed by atoms with E-state index in [-0.39, 0.29) is 10.5 Å². The summed E-state index contributed by atoms with van der Waals surface area (Å²) >= 11 is 6.01. The number of halogens is 4. The van der Waals surface area contributed by atoms with Gasteiger partial charge in [0.05, 0.1) is 5.02 Å². The molecule has 0 saturated heterocycles. The Morgan fingerprint density at radius 2 is 2.11 bits per heavy atom. The summed E-state index contributed by atoms with van der Waals surface area (Å²) in [5.74, 6) is -0.665. The Balaban J connectivity index is 2.70. The van der Waals surface area contributed by atoms with Crippen LogP contribution >= 0.6 is 11.6 Å². The Bertz CT molecular complexity index is 602. The van der Waals surface area contributed by atoms with Gasteiger partial charge in [0.25, 0.3) is 6.43 Å². The van der Waals surface area contributed by atoms with E-state index in [9.17, 15) is 13.2 Å². The van der Waals surface area contributed by atoms with Gasteiger partial charge in [0.2, 0.25) is 0 Å². The van der Waals surface area contributed by atoms with Crippen molar-refractivity contribution in [3.05, 3.63) is 34.7 Å². The summed E-state index contributed by atoms with van der Waals surface area (Å²) in [6, 6.07) is 3.73. The van der Waals surface area contributed by atoms with Crippen molar-refractivity contribution in [3.63, 3.8) is 0 Å². The maximum absolute atomic E-state index is 13.7. The van der Waals surface area contributed by atoms with Gasteiger partial charge in [-0.05, 0) is 24.6 Å². The minimum absolute atomic E-state index is 0.135. The number of aromatic nitrogens is 1. The van der Waals surface area contributed by atoms with Crippen molar-refractivity contribution in [2.75, 3.05) is 11.9 Å². The number of hydrogen-bond donors (Lipinski definition) is 1. The smallest absolute Gasteiger partial charge is 0.280 e. The monoisotopic (exact) mass is 288 g/mol. The molecule has 0 spiro atoms. The second-order valence-electron chi connectivity index (χ2n) is 4.07. The number of fused-ring (bicyclic) bond motifs is 1. The summed E-state index contributed by atoms with van der Waals surface area (Å²) < 4.78 is 39.3. The fraction of sp³-hybridized carbons (Fsp3) is 0.308.